The van der Waals surface area contributed by atoms with Crippen molar-refractivity contribution in [3.8, 4) is 5.75 Å². The van der Waals surface area contributed by atoms with Crippen molar-refractivity contribution >= 4 is 35.8 Å². The van der Waals surface area contributed by atoms with Crippen LogP contribution in [0.2, 0.25) is 0 Å². The molecule has 0 bridgehead atoms. The van der Waals surface area contributed by atoms with E-state index in [0.717, 1.165) is 11.1 Å². The van der Waals surface area contributed by atoms with E-state index in [-0.39, 0.29) is 42.3 Å². The number of rotatable bonds is 8. The molecule has 0 atom stereocenters. The summed E-state index contributed by atoms with van der Waals surface area (Å²) < 4.78 is 18.7. The Morgan fingerprint density at radius 1 is 1.10 bits per heavy atom. The number of guanidine groups is 1. The van der Waals surface area contributed by atoms with Crippen LogP contribution >= 0.6 is 24.0 Å². The van der Waals surface area contributed by atoms with Crippen LogP contribution in [0, 0.1) is 5.82 Å². The number of carbonyl (C=O) groups excluding carboxylic acids is 1. The Hall–Kier alpha value is -2.36. The summed E-state index contributed by atoms with van der Waals surface area (Å²) >= 11 is 0. The molecule has 0 spiro atoms. The van der Waals surface area contributed by atoms with Gasteiger partial charge in [0.05, 0.1) is 0 Å². The number of likely N-dealkylation sites (N-methyl/N-ethyl adjacent to an activating group) is 1. The highest BCUT2D eigenvalue weighted by Gasteiger charge is 2.06. The van der Waals surface area contributed by atoms with E-state index in [0.29, 0.717) is 31.2 Å². The van der Waals surface area contributed by atoms with Crippen molar-refractivity contribution in [2.24, 2.45) is 4.99 Å². The van der Waals surface area contributed by atoms with E-state index in [1.54, 1.807) is 27.2 Å². The second-order valence-electron chi connectivity index (χ2n) is 6.46. The smallest absolute Gasteiger partial charge is 0.259 e. The van der Waals surface area contributed by atoms with Crippen molar-refractivity contribution in [3.05, 3.63) is 65.5 Å². The third kappa shape index (κ3) is 9.12. The molecule has 6 nitrogen and oxygen atoms in total. The lowest BCUT2D eigenvalue weighted by atomic mass is 10.1. The van der Waals surface area contributed by atoms with Gasteiger partial charge in [-0.3, -0.25) is 9.79 Å². The number of hydrogen-bond acceptors (Lipinski definition) is 3. The van der Waals surface area contributed by atoms with Crippen LogP contribution in [0.25, 0.3) is 0 Å². The molecule has 2 N–H and O–H groups in total. The highest BCUT2D eigenvalue weighted by molar-refractivity contribution is 14.0. The molecule has 0 saturated carbocycles. The molecule has 0 saturated heterocycles. The number of nitrogens with one attached hydrogen (secondary N) is 2. The Balaban J connectivity index is 0.00000420. The summed E-state index contributed by atoms with van der Waals surface area (Å²) in [5, 5.41) is 6.44. The van der Waals surface area contributed by atoms with Crippen LogP contribution < -0.4 is 15.4 Å². The van der Waals surface area contributed by atoms with E-state index in [1.807, 2.05) is 30.3 Å². The summed E-state index contributed by atoms with van der Waals surface area (Å²) in [4.78, 5) is 17.3. The van der Waals surface area contributed by atoms with Gasteiger partial charge in [0.1, 0.15) is 11.6 Å². The number of hydrogen-bond donors (Lipinski definition) is 2. The lowest BCUT2D eigenvalue weighted by Crippen LogP contribution is -2.37. The molecule has 8 heteroatoms. The Morgan fingerprint density at radius 2 is 1.83 bits per heavy atom. The molecule has 0 aliphatic rings. The van der Waals surface area contributed by atoms with E-state index < -0.39 is 0 Å². The molecule has 2 aromatic carbocycles. The maximum Gasteiger partial charge on any atom is 0.259 e. The molecule has 1 amide bonds. The van der Waals surface area contributed by atoms with Gasteiger partial charge >= 0.3 is 0 Å². The molecule has 0 unspecified atom stereocenters. The lowest BCUT2D eigenvalue weighted by molar-refractivity contribution is -0.130. The van der Waals surface area contributed by atoms with E-state index in [1.165, 1.54) is 17.0 Å². The van der Waals surface area contributed by atoms with Gasteiger partial charge in [0.25, 0.3) is 5.91 Å². The first kappa shape index (κ1) is 24.7. The van der Waals surface area contributed by atoms with Crippen molar-refractivity contribution in [3.63, 3.8) is 0 Å². The summed E-state index contributed by atoms with van der Waals surface area (Å²) in [6.07, 6.45) is 0.696. The summed E-state index contributed by atoms with van der Waals surface area (Å²) in [6, 6.07) is 14.1. The van der Waals surface area contributed by atoms with Crippen LogP contribution in [-0.2, 0) is 17.8 Å². The highest BCUT2D eigenvalue weighted by Crippen LogP contribution is 2.13. The fourth-order valence-corrected chi connectivity index (χ4v) is 2.44. The third-order valence-corrected chi connectivity index (χ3v) is 4.04. The fourth-order valence-electron chi connectivity index (χ4n) is 2.44. The zero-order valence-electron chi connectivity index (χ0n) is 16.9. The zero-order chi connectivity index (χ0) is 20.4. The van der Waals surface area contributed by atoms with Gasteiger partial charge in [-0.25, -0.2) is 4.39 Å². The maximum absolute atomic E-state index is 13.2. The largest absolute Gasteiger partial charge is 0.484 e. The number of nitrogens with zero attached hydrogens (tertiary/aromatic N) is 2. The first-order valence-corrected chi connectivity index (χ1v) is 9.09. The van der Waals surface area contributed by atoms with E-state index in [9.17, 15) is 9.18 Å². The molecule has 2 aromatic rings. The average Bonchev–Trinajstić information content (AvgIpc) is 2.69. The van der Waals surface area contributed by atoms with Crippen LogP contribution in [0.4, 0.5) is 4.39 Å². The van der Waals surface area contributed by atoms with Gasteiger partial charge in [0.2, 0.25) is 0 Å². The predicted octanol–water partition coefficient (Wildman–Crippen LogP) is 2.82. The standard InChI is InChI=1S/C21H27FN4O2.HI/c1-23-21(24-11-10-16-6-4-8-18(22)12-16)25-14-17-7-5-9-19(13-17)28-15-20(27)26(2)3;/h4-9,12-13H,10-11,14-15H2,1-3H3,(H2,23,24,25);1H. The molecule has 29 heavy (non-hydrogen) atoms. The number of halogens is 2. The number of amides is 1. The molecule has 158 valence electrons. The quantitative estimate of drug-likeness (QED) is 0.323. The van der Waals surface area contributed by atoms with Crippen molar-refractivity contribution in [1.29, 1.82) is 0 Å². The molecule has 2 rings (SSSR count). The van der Waals surface area contributed by atoms with E-state index in [2.05, 4.69) is 15.6 Å². The Kier molecular flexibility index (Phi) is 11.0. The van der Waals surface area contributed by atoms with Gasteiger partial charge in [-0.05, 0) is 41.8 Å². The minimum Gasteiger partial charge on any atom is -0.484 e. The summed E-state index contributed by atoms with van der Waals surface area (Å²) in [6.45, 7) is 1.20. The van der Waals surface area contributed by atoms with Gasteiger partial charge in [0.15, 0.2) is 12.6 Å². The minimum absolute atomic E-state index is 0. The summed E-state index contributed by atoms with van der Waals surface area (Å²) in [5.74, 6) is 0.981. The van der Waals surface area contributed by atoms with Gasteiger partial charge in [-0.2, -0.15) is 0 Å². The molecule has 0 fully saturated rings. The molecule has 0 heterocycles. The van der Waals surface area contributed by atoms with Crippen LogP contribution in [0.5, 0.6) is 5.75 Å². The van der Waals surface area contributed by atoms with Gasteiger partial charge in [-0.15, -0.1) is 24.0 Å². The maximum atomic E-state index is 13.2. The molecule has 0 aliphatic heterocycles. The summed E-state index contributed by atoms with van der Waals surface area (Å²) in [5.41, 5.74) is 1.93. The van der Waals surface area contributed by atoms with Crippen molar-refractivity contribution < 1.29 is 13.9 Å². The molecular weight excluding hydrogens is 486 g/mol. The molecule has 0 aliphatic carbocycles. The third-order valence-electron chi connectivity index (χ3n) is 4.04. The van der Waals surface area contributed by atoms with E-state index in [4.69, 9.17) is 4.74 Å². The van der Waals surface area contributed by atoms with Crippen molar-refractivity contribution in [2.45, 2.75) is 13.0 Å². The number of aliphatic imine (C=N–C) groups is 1. The highest BCUT2D eigenvalue weighted by atomic mass is 127. The van der Waals surface area contributed by atoms with Crippen LogP contribution in [-0.4, -0.2) is 51.1 Å². The Morgan fingerprint density at radius 3 is 2.52 bits per heavy atom. The zero-order valence-corrected chi connectivity index (χ0v) is 19.3. The second kappa shape index (κ2) is 13.0. The van der Waals surface area contributed by atoms with Gasteiger partial charge in [0, 0.05) is 34.2 Å². The fraction of sp³-hybridized carbons (Fsp3) is 0.333. The Bertz CT molecular complexity index is 815. The van der Waals surface area contributed by atoms with Crippen LogP contribution in [0.1, 0.15) is 11.1 Å². The number of ether oxygens (including phenoxy) is 1. The van der Waals surface area contributed by atoms with E-state index >= 15 is 0 Å². The number of benzene rings is 2. The SMILES string of the molecule is CN=C(NCCc1cccc(F)c1)NCc1cccc(OCC(=O)N(C)C)c1.I. The van der Waals surface area contributed by atoms with Gasteiger partial charge < -0.3 is 20.3 Å². The normalized spacial score (nSPS) is 10.7. The average molecular weight is 514 g/mol. The van der Waals surface area contributed by atoms with Crippen LogP contribution in [0.15, 0.2) is 53.5 Å². The second-order valence-corrected chi connectivity index (χ2v) is 6.46. The van der Waals surface area contributed by atoms with Gasteiger partial charge in [-0.1, -0.05) is 24.3 Å². The molecular formula is C21H28FIN4O2. The first-order chi connectivity index (χ1) is 13.5. The monoisotopic (exact) mass is 514 g/mol. The first-order valence-electron chi connectivity index (χ1n) is 9.09. The topological polar surface area (TPSA) is 66.0 Å². The minimum atomic E-state index is -0.227. The van der Waals surface area contributed by atoms with Crippen molar-refractivity contribution in [2.75, 3.05) is 34.3 Å². The Labute approximate surface area is 188 Å². The summed E-state index contributed by atoms with van der Waals surface area (Å²) in [7, 11) is 5.09. The van der Waals surface area contributed by atoms with Crippen LogP contribution in [0.3, 0.4) is 0 Å². The molecule has 0 aromatic heterocycles. The lowest BCUT2D eigenvalue weighted by Gasteiger charge is -2.14. The number of carbonyl (C=O) groups is 1. The molecule has 0 radical (unpaired) electrons. The predicted molar refractivity (Wildman–Crippen MR) is 124 cm³/mol. The van der Waals surface area contributed by atoms with Crippen molar-refractivity contribution in [1.82, 2.24) is 15.5 Å².